The van der Waals surface area contributed by atoms with Crippen LogP contribution in [0.1, 0.15) is 324 Å². The van der Waals surface area contributed by atoms with E-state index in [0.29, 0.717) is 19.3 Å². The van der Waals surface area contributed by atoms with Crippen LogP contribution in [-0.2, 0) is 28.6 Å². The van der Waals surface area contributed by atoms with Crippen molar-refractivity contribution < 1.29 is 28.6 Å². The van der Waals surface area contributed by atoms with Crippen LogP contribution in [-0.4, -0.2) is 37.2 Å². The highest BCUT2D eigenvalue weighted by molar-refractivity contribution is 5.71. The lowest BCUT2D eigenvalue weighted by Crippen LogP contribution is -2.30. The second-order valence-electron chi connectivity index (χ2n) is 20.9. The van der Waals surface area contributed by atoms with Crippen molar-refractivity contribution in [3.63, 3.8) is 0 Å². The minimum atomic E-state index is -0.762. The summed E-state index contributed by atoms with van der Waals surface area (Å²) < 4.78 is 16.9. The van der Waals surface area contributed by atoms with Crippen molar-refractivity contribution in [1.82, 2.24) is 0 Å². The topological polar surface area (TPSA) is 78.9 Å². The van der Waals surface area contributed by atoms with Crippen LogP contribution in [0.4, 0.5) is 0 Å². The highest BCUT2D eigenvalue weighted by atomic mass is 16.6. The van der Waals surface area contributed by atoms with Crippen molar-refractivity contribution in [2.45, 2.75) is 330 Å². The molecule has 0 heterocycles. The third-order valence-corrected chi connectivity index (χ3v) is 13.2. The number of hydrogen-bond donors (Lipinski definition) is 0. The van der Waals surface area contributed by atoms with Gasteiger partial charge in [-0.3, -0.25) is 14.4 Å². The van der Waals surface area contributed by atoms with Gasteiger partial charge in [0, 0.05) is 19.3 Å². The molecule has 0 bridgehead atoms. The summed E-state index contributed by atoms with van der Waals surface area (Å²) in [7, 11) is 0. The number of esters is 3. The van der Waals surface area contributed by atoms with E-state index in [4.69, 9.17) is 14.2 Å². The first-order valence-corrected chi connectivity index (χ1v) is 28.7. The molecule has 0 fully saturated rings. The molecule has 0 N–H and O–H groups in total. The first kappa shape index (κ1) is 62.4. The molecule has 380 valence electrons. The van der Waals surface area contributed by atoms with Gasteiger partial charge in [0.25, 0.3) is 0 Å². The van der Waals surface area contributed by atoms with Gasteiger partial charge in [-0.25, -0.2) is 0 Å². The molecule has 0 aromatic heterocycles. The molecule has 0 aromatic carbocycles. The Bertz CT molecular complexity index is 978. The summed E-state index contributed by atoms with van der Waals surface area (Å²) in [6, 6.07) is 0. The Kier molecular flexibility index (Phi) is 49.6. The fraction of sp³-hybridized carbons (Fsp3) is 0.948. The van der Waals surface area contributed by atoms with Crippen molar-refractivity contribution >= 4 is 17.9 Å². The normalized spacial score (nSPS) is 12.0. The average Bonchev–Trinajstić information content (AvgIpc) is 3.27. The highest BCUT2D eigenvalue weighted by Gasteiger charge is 2.19. The van der Waals surface area contributed by atoms with Crippen LogP contribution in [0.25, 0.3) is 0 Å². The van der Waals surface area contributed by atoms with Gasteiger partial charge in [-0.15, -0.1) is 0 Å². The Balaban J connectivity index is 4.21. The first-order valence-electron chi connectivity index (χ1n) is 28.7. The summed E-state index contributed by atoms with van der Waals surface area (Å²) in [6.45, 7) is 11.4. The van der Waals surface area contributed by atoms with E-state index < -0.39 is 6.10 Å². The zero-order valence-electron chi connectivity index (χ0n) is 43.9. The smallest absolute Gasteiger partial charge is 0.306 e. The summed E-state index contributed by atoms with van der Waals surface area (Å²) >= 11 is 0. The molecule has 0 amide bonds. The average molecular weight is 906 g/mol. The van der Waals surface area contributed by atoms with Crippen LogP contribution in [0.5, 0.6) is 0 Å². The molecule has 6 heteroatoms. The summed E-state index contributed by atoms with van der Waals surface area (Å²) in [5.74, 6) is 0.810. The minimum absolute atomic E-state index is 0.0633. The predicted octanol–water partition coefficient (Wildman–Crippen LogP) is 18.9. The van der Waals surface area contributed by atoms with E-state index in [1.54, 1.807) is 0 Å². The van der Waals surface area contributed by atoms with Crippen molar-refractivity contribution in [2.75, 3.05) is 13.2 Å². The third-order valence-electron chi connectivity index (χ3n) is 13.2. The van der Waals surface area contributed by atoms with Crippen molar-refractivity contribution in [2.24, 2.45) is 11.8 Å². The molecule has 0 spiro atoms. The Hall–Kier alpha value is -1.59. The first-order chi connectivity index (χ1) is 31.2. The van der Waals surface area contributed by atoms with E-state index >= 15 is 0 Å². The monoisotopic (exact) mass is 905 g/mol. The maximum Gasteiger partial charge on any atom is 0.306 e. The molecule has 0 saturated carbocycles. The van der Waals surface area contributed by atoms with Gasteiger partial charge in [-0.05, 0) is 31.1 Å². The molecule has 0 saturated heterocycles. The molecule has 0 aliphatic heterocycles. The van der Waals surface area contributed by atoms with Gasteiger partial charge < -0.3 is 14.2 Å². The Labute approximate surface area is 399 Å². The quantitative estimate of drug-likeness (QED) is 0.0344. The van der Waals surface area contributed by atoms with E-state index in [1.165, 1.54) is 212 Å². The van der Waals surface area contributed by atoms with Gasteiger partial charge in [0.1, 0.15) is 13.2 Å². The molecule has 0 aliphatic carbocycles. The summed E-state index contributed by atoms with van der Waals surface area (Å²) in [6.07, 6.45) is 53.9. The van der Waals surface area contributed by atoms with Crippen LogP contribution >= 0.6 is 0 Å². The van der Waals surface area contributed by atoms with E-state index in [9.17, 15) is 14.4 Å². The Morgan fingerprint density at radius 3 is 0.766 bits per heavy atom. The van der Waals surface area contributed by atoms with Gasteiger partial charge in [-0.2, -0.15) is 0 Å². The Morgan fingerprint density at radius 2 is 0.516 bits per heavy atom. The van der Waals surface area contributed by atoms with E-state index in [-0.39, 0.29) is 31.1 Å². The Morgan fingerprint density at radius 1 is 0.297 bits per heavy atom. The predicted molar refractivity (Wildman–Crippen MR) is 275 cm³/mol. The molecular formula is C58H112O6. The number of hydrogen-bond acceptors (Lipinski definition) is 6. The van der Waals surface area contributed by atoms with Gasteiger partial charge in [0.2, 0.25) is 0 Å². The van der Waals surface area contributed by atoms with Crippen LogP contribution in [0, 0.1) is 11.8 Å². The molecule has 6 nitrogen and oxygen atoms in total. The van der Waals surface area contributed by atoms with Gasteiger partial charge in [0.05, 0.1) is 0 Å². The zero-order chi connectivity index (χ0) is 46.8. The van der Waals surface area contributed by atoms with Gasteiger partial charge in [0.15, 0.2) is 6.10 Å². The summed E-state index contributed by atoms with van der Waals surface area (Å²) in [5.41, 5.74) is 0. The van der Waals surface area contributed by atoms with E-state index in [1.807, 2.05) is 0 Å². The maximum atomic E-state index is 12.8. The molecule has 1 atom stereocenters. The fourth-order valence-electron chi connectivity index (χ4n) is 8.87. The van der Waals surface area contributed by atoms with Crippen LogP contribution < -0.4 is 0 Å². The van der Waals surface area contributed by atoms with E-state index in [2.05, 4.69) is 34.6 Å². The van der Waals surface area contributed by atoms with Crippen LogP contribution in [0.15, 0.2) is 0 Å². The third kappa shape index (κ3) is 51.4. The number of unbranched alkanes of at least 4 members (excludes halogenated alkanes) is 37. The molecular weight excluding hydrogens is 793 g/mol. The largest absolute Gasteiger partial charge is 0.462 e. The number of carbonyl (C=O) groups excluding carboxylic acids is 3. The molecule has 0 aliphatic rings. The van der Waals surface area contributed by atoms with Crippen LogP contribution in [0.3, 0.4) is 0 Å². The highest BCUT2D eigenvalue weighted by Crippen LogP contribution is 2.18. The number of rotatable bonds is 52. The molecule has 0 rings (SSSR count). The maximum absolute atomic E-state index is 12.8. The lowest BCUT2D eigenvalue weighted by Gasteiger charge is -2.18. The SMILES string of the molecule is CCCCCCCCCCCCCCCCC(=O)OC[C@H](COC(=O)CCCCCCCCCCCCCCCCCCCCC(C)C)OC(=O)CCCCCCCCCCC(C)C. The van der Waals surface area contributed by atoms with E-state index in [0.717, 1.165) is 69.6 Å². The minimum Gasteiger partial charge on any atom is -0.462 e. The standard InChI is InChI=1S/C58H112O6/c1-6-7-8-9-10-11-12-13-21-24-27-33-38-43-48-56(59)62-51-55(64-58(61)50-45-40-35-30-29-32-37-42-47-54(4)5)52-63-57(60)49-44-39-34-28-25-22-19-17-15-14-16-18-20-23-26-31-36-41-46-53(2)3/h53-55H,6-52H2,1-5H3/t55-/m1/s1. The summed E-state index contributed by atoms with van der Waals surface area (Å²) in [4.78, 5) is 38.1. The van der Waals surface area contributed by atoms with Crippen molar-refractivity contribution in [3.8, 4) is 0 Å². The van der Waals surface area contributed by atoms with Crippen LogP contribution in [0.2, 0.25) is 0 Å². The summed E-state index contributed by atoms with van der Waals surface area (Å²) in [5, 5.41) is 0. The molecule has 0 radical (unpaired) electrons. The molecule has 0 unspecified atom stereocenters. The number of carbonyl (C=O) groups is 3. The fourth-order valence-corrected chi connectivity index (χ4v) is 8.87. The van der Waals surface area contributed by atoms with Gasteiger partial charge in [-0.1, -0.05) is 285 Å². The lowest BCUT2D eigenvalue weighted by molar-refractivity contribution is -0.167. The van der Waals surface area contributed by atoms with Crippen molar-refractivity contribution in [3.05, 3.63) is 0 Å². The van der Waals surface area contributed by atoms with Crippen molar-refractivity contribution in [1.29, 1.82) is 0 Å². The molecule has 0 aromatic rings. The second-order valence-corrected chi connectivity index (χ2v) is 20.9. The lowest BCUT2D eigenvalue weighted by atomic mass is 10.0. The zero-order valence-corrected chi connectivity index (χ0v) is 43.9. The number of ether oxygens (including phenoxy) is 3. The second kappa shape index (κ2) is 50.8. The van der Waals surface area contributed by atoms with Gasteiger partial charge >= 0.3 is 17.9 Å². The molecule has 64 heavy (non-hydrogen) atoms.